The highest BCUT2D eigenvalue weighted by molar-refractivity contribution is 5.91. The molecule has 0 bridgehead atoms. The zero-order valence-corrected chi connectivity index (χ0v) is 16.9. The number of carbonyl (C=O) groups is 1. The van der Waals surface area contributed by atoms with Crippen molar-refractivity contribution in [2.45, 2.75) is 44.4 Å². The average Bonchev–Trinajstić information content (AvgIpc) is 3.51. The summed E-state index contributed by atoms with van der Waals surface area (Å²) < 4.78 is 2.62. The summed E-state index contributed by atoms with van der Waals surface area (Å²) in [6.45, 7) is 3.95. The van der Waals surface area contributed by atoms with Crippen LogP contribution in [0.1, 0.15) is 43.1 Å². The van der Waals surface area contributed by atoms with Gasteiger partial charge in [0.1, 0.15) is 18.1 Å². The molecular formula is C19H28N9O+. The molecule has 2 unspecified atom stereocenters. The summed E-state index contributed by atoms with van der Waals surface area (Å²) in [4.78, 5) is 20.7. The first-order valence-electron chi connectivity index (χ1n) is 10.4. The van der Waals surface area contributed by atoms with Crippen molar-refractivity contribution >= 4 is 18.6 Å². The summed E-state index contributed by atoms with van der Waals surface area (Å²) in [5, 5.41) is 12.9. The van der Waals surface area contributed by atoms with Crippen LogP contribution in [0.4, 0.5) is 0 Å². The maximum absolute atomic E-state index is 12.1. The smallest absolute Gasteiger partial charge is 0.318 e. The molecule has 1 aliphatic carbocycles. The highest BCUT2D eigenvalue weighted by Gasteiger charge is 2.67. The molecule has 1 amide bonds. The van der Waals surface area contributed by atoms with E-state index in [1.54, 1.807) is 25.9 Å². The molecule has 10 nitrogen and oxygen atoms in total. The fraction of sp³-hybridized carbons (Fsp3) is 0.579. The van der Waals surface area contributed by atoms with Crippen molar-refractivity contribution < 1.29 is 9.28 Å². The van der Waals surface area contributed by atoms with Crippen LogP contribution in [0.3, 0.4) is 0 Å². The molecule has 2 fully saturated rings. The third-order valence-corrected chi connectivity index (χ3v) is 7.04. The molecule has 0 aromatic carbocycles. The average molecular weight is 398 g/mol. The van der Waals surface area contributed by atoms with Gasteiger partial charge >= 0.3 is 5.79 Å². The van der Waals surface area contributed by atoms with Gasteiger partial charge in [-0.05, 0) is 19.8 Å². The summed E-state index contributed by atoms with van der Waals surface area (Å²) in [6.07, 6.45) is 14.2. The minimum absolute atomic E-state index is 0.197. The van der Waals surface area contributed by atoms with Crippen molar-refractivity contribution in [3.05, 3.63) is 30.1 Å². The molecule has 4 aliphatic rings. The number of likely N-dealkylation sites (N-methyl/N-ethyl adjacent to an activating group) is 1. The Hall–Kier alpha value is -2.88. The topological polar surface area (TPSA) is 98.9 Å². The van der Waals surface area contributed by atoms with E-state index in [9.17, 15) is 4.79 Å². The van der Waals surface area contributed by atoms with Gasteiger partial charge in [0.05, 0.1) is 31.8 Å². The highest BCUT2D eigenvalue weighted by atomic mass is 16.1. The van der Waals surface area contributed by atoms with Crippen LogP contribution in [0, 0.1) is 5.92 Å². The van der Waals surface area contributed by atoms with E-state index >= 15 is 0 Å². The van der Waals surface area contributed by atoms with Gasteiger partial charge < -0.3 is 5.32 Å². The monoisotopic (exact) mass is 398 g/mol. The Morgan fingerprint density at radius 1 is 1.41 bits per heavy atom. The molecule has 3 N–H and O–H groups in total. The number of imidazole rings is 1. The van der Waals surface area contributed by atoms with Gasteiger partial charge in [0.2, 0.25) is 6.34 Å². The number of hydrogen-bond acceptors (Lipinski definition) is 7. The molecular weight excluding hydrogens is 370 g/mol. The Kier molecular flexibility index (Phi) is 4.12. The number of piperazine rings is 1. The number of quaternary nitrogens is 1. The van der Waals surface area contributed by atoms with Gasteiger partial charge in [-0.3, -0.25) is 15.1 Å². The van der Waals surface area contributed by atoms with E-state index in [-0.39, 0.29) is 5.91 Å². The standard InChI is InChI=1S/C19H27N9O/c1-3-28-13-24-25-19(28)17(8-21-11-23-19)27(10-16(28)14-6-4-5-7-14)26-9-15(22-12-26)18(29)20-2/h8-9,11-14,16,25H,3-7,10H2,1-2H3,(H-,20,21,23,29)/p+1/t16?,19?,28-/m0/s1. The second kappa shape index (κ2) is 6.58. The first kappa shape index (κ1) is 18.2. The molecule has 0 radical (unpaired) electrons. The molecule has 4 heterocycles. The Bertz CT molecular complexity index is 899. The Balaban J connectivity index is 1.61. The molecule has 3 atom stereocenters. The van der Waals surface area contributed by atoms with Crippen molar-refractivity contribution in [3.63, 3.8) is 0 Å². The van der Waals surface area contributed by atoms with Gasteiger partial charge in [0.25, 0.3) is 5.91 Å². The van der Waals surface area contributed by atoms with E-state index < -0.39 is 5.79 Å². The molecule has 1 saturated carbocycles. The molecule has 1 aromatic rings. The van der Waals surface area contributed by atoms with E-state index in [2.05, 4.69) is 49.4 Å². The van der Waals surface area contributed by atoms with Crippen LogP contribution in [0.15, 0.2) is 34.5 Å². The summed E-state index contributed by atoms with van der Waals surface area (Å²) in [6, 6.07) is 0.350. The third-order valence-electron chi connectivity index (χ3n) is 7.04. The number of rotatable bonds is 4. The molecule has 154 valence electrons. The largest absolute Gasteiger partial charge is 0.354 e. The second-order valence-electron chi connectivity index (χ2n) is 8.16. The second-order valence-corrected chi connectivity index (χ2v) is 8.16. The van der Waals surface area contributed by atoms with Gasteiger partial charge in [-0.2, -0.15) is 0 Å². The van der Waals surface area contributed by atoms with Crippen LogP contribution < -0.4 is 21.1 Å². The zero-order chi connectivity index (χ0) is 20.1. The predicted molar refractivity (Wildman–Crippen MR) is 109 cm³/mol. The molecule has 3 aliphatic heterocycles. The summed E-state index contributed by atoms with van der Waals surface area (Å²) in [7, 11) is 1.61. The summed E-state index contributed by atoms with van der Waals surface area (Å²) >= 11 is 0. The molecule has 1 saturated heterocycles. The summed E-state index contributed by atoms with van der Waals surface area (Å²) in [5.41, 5.74) is 4.74. The number of nitrogens with zero attached hydrogens (tertiary/aromatic N) is 6. The predicted octanol–water partition coefficient (Wildman–Crippen LogP) is 0.263. The van der Waals surface area contributed by atoms with Crippen molar-refractivity contribution in [1.29, 1.82) is 0 Å². The van der Waals surface area contributed by atoms with Gasteiger partial charge in [0, 0.05) is 13.0 Å². The molecule has 1 spiro atoms. The van der Waals surface area contributed by atoms with Gasteiger partial charge in [-0.1, -0.05) is 12.8 Å². The van der Waals surface area contributed by atoms with E-state index in [0.29, 0.717) is 22.1 Å². The van der Waals surface area contributed by atoms with E-state index in [1.165, 1.54) is 25.7 Å². The quantitative estimate of drug-likeness (QED) is 0.632. The van der Waals surface area contributed by atoms with Gasteiger partial charge in [-0.15, -0.1) is 5.10 Å². The number of carbonyl (C=O) groups excluding carboxylic acids is 1. The number of amides is 1. The first-order valence-corrected chi connectivity index (χ1v) is 10.4. The molecule has 10 heteroatoms. The van der Waals surface area contributed by atoms with Crippen LogP contribution in [-0.4, -0.2) is 64.7 Å². The van der Waals surface area contributed by atoms with Crippen LogP contribution >= 0.6 is 0 Å². The minimum Gasteiger partial charge on any atom is -0.354 e. The van der Waals surface area contributed by atoms with Crippen molar-refractivity contribution in [2.24, 2.45) is 16.0 Å². The maximum atomic E-state index is 12.1. The SMILES string of the molecule is CC[N@@+]12C=NNC13NC=NC=C3N(n1cnc(C(=O)NC)c1)CC2C1CCCC1. The van der Waals surface area contributed by atoms with Crippen molar-refractivity contribution in [1.82, 2.24) is 25.7 Å². The fourth-order valence-corrected chi connectivity index (χ4v) is 5.57. The lowest BCUT2D eigenvalue weighted by Crippen LogP contribution is -2.84. The maximum Gasteiger partial charge on any atom is 0.318 e. The minimum atomic E-state index is -0.612. The van der Waals surface area contributed by atoms with E-state index in [4.69, 9.17) is 0 Å². The Morgan fingerprint density at radius 3 is 3.00 bits per heavy atom. The van der Waals surface area contributed by atoms with Crippen molar-refractivity contribution in [3.8, 4) is 0 Å². The first-order chi connectivity index (χ1) is 14.1. The van der Waals surface area contributed by atoms with Crippen LogP contribution in [0.5, 0.6) is 0 Å². The van der Waals surface area contributed by atoms with Crippen molar-refractivity contribution in [2.75, 3.05) is 25.1 Å². The molecule has 1 aromatic heterocycles. The number of aliphatic imine (C=N–C) groups is 1. The number of hydrazone groups is 1. The van der Waals surface area contributed by atoms with Crippen LogP contribution in [0.25, 0.3) is 0 Å². The van der Waals surface area contributed by atoms with E-state index in [1.807, 2.05) is 10.9 Å². The Labute approximate surface area is 169 Å². The fourth-order valence-electron chi connectivity index (χ4n) is 5.57. The lowest BCUT2D eigenvalue weighted by molar-refractivity contribution is -0.912. The number of nitrogens with one attached hydrogen (secondary N) is 3. The Morgan fingerprint density at radius 2 is 2.24 bits per heavy atom. The lowest BCUT2D eigenvalue weighted by atomic mass is 9.88. The highest BCUT2D eigenvalue weighted by Crippen LogP contribution is 2.45. The zero-order valence-electron chi connectivity index (χ0n) is 16.9. The molecule has 29 heavy (non-hydrogen) atoms. The third kappa shape index (κ3) is 2.38. The van der Waals surface area contributed by atoms with E-state index in [0.717, 1.165) is 18.8 Å². The van der Waals surface area contributed by atoms with Gasteiger partial charge in [-0.25, -0.2) is 24.6 Å². The van der Waals surface area contributed by atoms with Crippen LogP contribution in [-0.2, 0) is 0 Å². The number of aromatic nitrogens is 2. The lowest BCUT2D eigenvalue weighted by Gasteiger charge is -2.57. The molecule has 5 rings (SSSR count). The van der Waals surface area contributed by atoms with Gasteiger partial charge in [0.15, 0.2) is 5.70 Å². The normalized spacial score (nSPS) is 33.0. The number of hydrogen-bond donors (Lipinski definition) is 3. The van der Waals surface area contributed by atoms with Crippen LogP contribution in [0.2, 0.25) is 0 Å². The summed E-state index contributed by atoms with van der Waals surface area (Å²) in [5.74, 6) is -0.193.